The molecule has 0 spiro atoms. The summed E-state index contributed by atoms with van der Waals surface area (Å²) in [6, 6.07) is 1.98. The zero-order valence-corrected chi connectivity index (χ0v) is 9.82. The molecule has 3 nitrogen and oxygen atoms in total. The van der Waals surface area contributed by atoms with Crippen molar-refractivity contribution in [2.24, 2.45) is 0 Å². The summed E-state index contributed by atoms with van der Waals surface area (Å²) in [6.07, 6.45) is 3.29. The maximum Gasteiger partial charge on any atom is 0.129 e. The van der Waals surface area contributed by atoms with Crippen LogP contribution in [0.25, 0.3) is 0 Å². The van der Waals surface area contributed by atoms with Gasteiger partial charge in [0, 0.05) is 18.3 Å². The second-order valence-corrected chi connectivity index (χ2v) is 4.20. The van der Waals surface area contributed by atoms with E-state index in [0.29, 0.717) is 0 Å². The minimum absolute atomic E-state index is 0.831. The number of hydrogen-bond acceptors (Lipinski definition) is 4. The number of nitrogens with one attached hydrogen (secondary N) is 1. The first-order chi connectivity index (χ1) is 6.72. The third-order valence-corrected chi connectivity index (χ3v) is 2.49. The van der Waals surface area contributed by atoms with Crippen molar-refractivity contribution in [2.45, 2.75) is 20.3 Å². The van der Waals surface area contributed by atoms with Crippen LogP contribution in [0.15, 0.2) is 6.07 Å². The van der Waals surface area contributed by atoms with E-state index in [2.05, 4.69) is 21.5 Å². The Morgan fingerprint density at radius 3 is 2.79 bits per heavy atom. The molecule has 78 valence electrons. The lowest BCUT2D eigenvalue weighted by Crippen LogP contribution is -2.06. The first-order valence-electron chi connectivity index (χ1n) is 4.77. The summed E-state index contributed by atoms with van der Waals surface area (Å²) >= 11 is 1.87. The van der Waals surface area contributed by atoms with E-state index < -0.39 is 0 Å². The third-order valence-electron chi connectivity index (χ3n) is 1.80. The summed E-state index contributed by atoms with van der Waals surface area (Å²) in [5, 5.41) is 3.30. The Hall–Kier alpha value is -0.770. The van der Waals surface area contributed by atoms with E-state index >= 15 is 0 Å². The predicted molar refractivity (Wildman–Crippen MR) is 63.0 cm³/mol. The van der Waals surface area contributed by atoms with E-state index in [-0.39, 0.29) is 0 Å². The Bertz CT molecular complexity index is 268. The average molecular weight is 211 g/mol. The average Bonchev–Trinajstić information content (AvgIpc) is 2.11. The molecule has 1 rings (SSSR count). The number of nitrogens with zero attached hydrogens (tertiary/aromatic N) is 2. The third kappa shape index (κ3) is 3.96. The SMILES string of the molecule is CSCCCNc1cc(C)nc(C)n1. The number of rotatable bonds is 5. The Morgan fingerprint density at radius 1 is 1.36 bits per heavy atom. The smallest absolute Gasteiger partial charge is 0.129 e. The van der Waals surface area contributed by atoms with E-state index in [9.17, 15) is 0 Å². The van der Waals surface area contributed by atoms with Crippen molar-refractivity contribution in [2.75, 3.05) is 23.9 Å². The second-order valence-electron chi connectivity index (χ2n) is 3.21. The molecule has 0 bridgehead atoms. The normalized spacial score (nSPS) is 10.2. The quantitative estimate of drug-likeness (QED) is 0.758. The van der Waals surface area contributed by atoms with Crippen molar-refractivity contribution >= 4 is 17.6 Å². The van der Waals surface area contributed by atoms with Gasteiger partial charge in [0.05, 0.1) is 0 Å². The largest absolute Gasteiger partial charge is 0.370 e. The standard InChI is InChI=1S/C10H17N3S/c1-8-7-10(13-9(2)12-8)11-5-4-6-14-3/h7H,4-6H2,1-3H3,(H,11,12,13). The van der Waals surface area contributed by atoms with Gasteiger partial charge in [0.1, 0.15) is 11.6 Å². The second kappa shape index (κ2) is 5.86. The van der Waals surface area contributed by atoms with Crippen molar-refractivity contribution in [3.8, 4) is 0 Å². The van der Waals surface area contributed by atoms with Gasteiger partial charge in [0.15, 0.2) is 0 Å². The molecule has 1 heterocycles. The van der Waals surface area contributed by atoms with Gasteiger partial charge in [-0.05, 0) is 32.3 Å². The summed E-state index contributed by atoms with van der Waals surface area (Å²) in [4.78, 5) is 8.53. The molecule has 0 fully saturated rings. The van der Waals surface area contributed by atoms with E-state index in [0.717, 1.165) is 23.9 Å². The molecule has 0 aliphatic rings. The van der Waals surface area contributed by atoms with Crippen LogP contribution in [0.3, 0.4) is 0 Å². The van der Waals surface area contributed by atoms with Gasteiger partial charge < -0.3 is 5.32 Å². The molecule has 1 N–H and O–H groups in total. The van der Waals surface area contributed by atoms with Crippen LogP contribution in [-0.4, -0.2) is 28.5 Å². The predicted octanol–water partition coefficient (Wildman–Crippen LogP) is 2.26. The highest BCUT2D eigenvalue weighted by Gasteiger charge is 1.97. The summed E-state index contributed by atoms with van der Waals surface area (Å²) < 4.78 is 0. The summed E-state index contributed by atoms with van der Waals surface area (Å²) in [5.74, 6) is 2.96. The zero-order chi connectivity index (χ0) is 10.4. The molecule has 0 radical (unpaired) electrons. The molecule has 14 heavy (non-hydrogen) atoms. The molecule has 0 aliphatic carbocycles. The fourth-order valence-electron chi connectivity index (χ4n) is 1.24. The highest BCUT2D eigenvalue weighted by atomic mass is 32.2. The molecule has 1 aromatic heterocycles. The van der Waals surface area contributed by atoms with Crippen LogP contribution in [-0.2, 0) is 0 Å². The number of anilines is 1. The Balaban J connectivity index is 2.42. The molecule has 0 amide bonds. The van der Waals surface area contributed by atoms with Crippen LogP contribution in [0.5, 0.6) is 0 Å². The molecule has 0 atom stereocenters. The van der Waals surface area contributed by atoms with Gasteiger partial charge in [-0.15, -0.1) is 0 Å². The van der Waals surface area contributed by atoms with Crippen LogP contribution in [0.1, 0.15) is 17.9 Å². The molecule has 0 aliphatic heterocycles. The van der Waals surface area contributed by atoms with Gasteiger partial charge >= 0.3 is 0 Å². The summed E-state index contributed by atoms with van der Waals surface area (Å²) in [5.41, 5.74) is 1.02. The summed E-state index contributed by atoms with van der Waals surface area (Å²) in [7, 11) is 0. The van der Waals surface area contributed by atoms with Crippen molar-refractivity contribution in [1.29, 1.82) is 0 Å². The highest BCUT2D eigenvalue weighted by Crippen LogP contribution is 2.05. The maximum atomic E-state index is 4.30. The van der Waals surface area contributed by atoms with Crippen molar-refractivity contribution in [3.05, 3.63) is 17.6 Å². The van der Waals surface area contributed by atoms with Gasteiger partial charge in [0.2, 0.25) is 0 Å². The molecule has 0 unspecified atom stereocenters. The van der Waals surface area contributed by atoms with Gasteiger partial charge in [-0.3, -0.25) is 0 Å². The van der Waals surface area contributed by atoms with Crippen LogP contribution >= 0.6 is 11.8 Å². The van der Waals surface area contributed by atoms with Crippen LogP contribution in [0.2, 0.25) is 0 Å². The van der Waals surface area contributed by atoms with Crippen LogP contribution in [0, 0.1) is 13.8 Å². The van der Waals surface area contributed by atoms with Gasteiger partial charge in [-0.25, -0.2) is 9.97 Å². The summed E-state index contributed by atoms with van der Waals surface area (Å²) in [6.45, 7) is 4.89. The molecule has 0 saturated heterocycles. The Labute approximate surface area is 89.7 Å². The topological polar surface area (TPSA) is 37.8 Å². The van der Waals surface area contributed by atoms with E-state index in [1.807, 2.05) is 31.7 Å². The Morgan fingerprint density at radius 2 is 2.14 bits per heavy atom. The van der Waals surface area contributed by atoms with Crippen LogP contribution in [0.4, 0.5) is 5.82 Å². The molecule has 1 aromatic rings. The van der Waals surface area contributed by atoms with Gasteiger partial charge in [-0.2, -0.15) is 11.8 Å². The van der Waals surface area contributed by atoms with Crippen molar-refractivity contribution in [3.63, 3.8) is 0 Å². The lowest BCUT2D eigenvalue weighted by molar-refractivity contribution is 0.953. The van der Waals surface area contributed by atoms with Crippen molar-refractivity contribution in [1.82, 2.24) is 9.97 Å². The lowest BCUT2D eigenvalue weighted by atomic mass is 10.4. The van der Waals surface area contributed by atoms with Gasteiger partial charge in [0.25, 0.3) is 0 Å². The monoisotopic (exact) mass is 211 g/mol. The first kappa shape index (κ1) is 11.3. The fourth-order valence-corrected chi connectivity index (χ4v) is 1.67. The van der Waals surface area contributed by atoms with E-state index in [4.69, 9.17) is 0 Å². The van der Waals surface area contributed by atoms with Gasteiger partial charge in [-0.1, -0.05) is 0 Å². The molecule has 4 heteroatoms. The highest BCUT2D eigenvalue weighted by molar-refractivity contribution is 7.98. The fraction of sp³-hybridized carbons (Fsp3) is 0.600. The number of thioether (sulfide) groups is 1. The molecule has 0 saturated carbocycles. The number of aryl methyl sites for hydroxylation is 2. The molecule has 0 aromatic carbocycles. The van der Waals surface area contributed by atoms with E-state index in [1.54, 1.807) is 0 Å². The minimum atomic E-state index is 0.831. The first-order valence-corrected chi connectivity index (χ1v) is 6.17. The van der Waals surface area contributed by atoms with Crippen LogP contribution < -0.4 is 5.32 Å². The molecular weight excluding hydrogens is 194 g/mol. The number of hydrogen-bond donors (Lipinski definition) is 1. The van der Waals surface area contributed by atoms with Crippen molar-refractivity contribution < 1.29 is 0 Å². The number of aromatic nitrogens is 2. The minimum Gasteiger partial charge on any atom is -0.370 e. The molecular formula is C10H17N3S. The Kier molecular flexibility index (Phi) is 4.73. The lowest BCUT2D eigenvalue weighted by Gasteiger charge is -2.06. The van der Waals surface area contributed by atoms with E-state index in [1.165, 1.54) is 12.2 Å². The zero-order valence-electron chi connectivity index (χ0n) is 9.00. The maximum absolute atomic E-state index is 4.30.